The molecule has 1 N–H and O–H groups in total. The lowest BCUT2D eigenvalue weighted by molar-refractivity contribution is -0.120. The van der Waals surface area contributed by atoms with Gasteiger partial charge in [0.05, 0.1) is 16.8 Å². The van der Waals surface area contributed by atoms with Crippen LogP contribution in [-0.4, -0.2) is 21.1 Å². The molecule has 0 spiro atoms. The van der Waals surface area contributed by atoms with E-state index >= 15 is 0 Å². The summed E-state index contributed by atoms with van der Waals surface area (Å²) < 4.78 is 0. The average molecular weight is 406 g/mol. The van der Waals surface area contributed by atoms with E-state index in [4.69, 9.17) is 23.2 Å². The van der Waals surface area contributed by atoms with Crippen molar-refractivity contribution in [1.29, 1.82) is 0 Å². The van der Waals surface area contributed by atoms with E-state index in [2.05, 4.69) is 15.3 Å². The van der Waals surface area contributed by atoms with Crippen LogP contribution in [0.1, 0.15) is 25.5 Å². The molecular weight excluding hydrogens is 389 g/mol. The zero-order valence-corrected chi connectivity index (χ0v) is 16.6. The lowest BCUT2D eigenvalue weighted by atomic mass is 10.1. The molecule has 0 aliphatic heterocycles. The largest absolute Gasteiger partial charge is 0.349 e. The molecule has 1 heterocycles. The van der Waals surface area contributed by atoms with Gasteiger partial charge in [0.2, 0.25) is 5.91 Å². The van der Waals surface area contributed by atoms with Gasteiger partial charge in [-0.3, -0.25) is 4.79 Å². The molecule has 0 radical (unpaired) electrons. The van der Waals surface area contributed by atoms with Gasteiger partial charge in [0.1, 0.15) is 11.4 Å². The molecule has 26 heavy (non-hydrogen) atoms. The Kier molecular flexibility index (Phi) is 6.01. The standard InChI is InChI=1S/C19H17Cl2N3OS/c1-11(14-8-7-13(20)9-16(14)21)24-18(25)12(2)26-19-15-5-3-4-6-17(15)22-10-23-19/h3-12H,1-2H3,(H,24,25)/t11-,12-/m0/s1. The Morgan fingerprint density at radius 2 is 1.88 bits per heavy atom. The van der Waals surface area contributed by atoms with Crippen LogP contribution >= 0.6 is 35.0 Å². The van der Waals surface area contributed by atoms with Crippen molar-refractivity contribution < 1.29 is 4.79 Å². The van der Waals surface area contributed by atoms with Crippen LogP contribution in [-0.2, 0) is 4.79 Å². The molecule has 0 bridgehead atoms. The van der Waals surface area contributed by atoms with Crippen molar-refractivity contribution in [2.45, 2.75) is 30.2 Å². The molecule has 3 rings (SSSR count). The highest BCUT2D eigenvalue weighted by molar-refractivity contribution is 8.00. The monoisotopic (exact) mass is 405 g/mol. The number of benzene rings is 2. The lowest BCUT2D eigenvalue weighted by Gasteiger charge is -2.19. The third kappa shape index (κ3) is 4.29. The predicted molar refractivity (Wildman–Crippen MR) is 108 cm³/mol. The molecular formula is C19H17Cl2N3OS. The van der Waals surface area contributed by atoms with E-state index < -0.39 is 0 Å². The van der Waals surface area contributed by atoms with Crippen molar-refractivity contribution in [2.75, 3.05) is 0 Å². The van der Waals surface area contributed by atoms with Gasteiger partial charge in [-0.2, -0.15) is 0 Å². The molecule has 134 valence electrons. The van der Waals surface area contributed by atoms with Crippen molar-refractivity contribution in [3.63, 3.8) is 0 Å². The fourth-order valence-corrected chi connectivity index (χ4v) is 4.05. The second-order valence-corrected chi connectivity index (χ2v) is 8.03. The highest BCUT2D eigenvalue weighted by Crippen LogP contribution is 2.29. The number of para-hydroxylation sites is 1. The van der Waals surface area contributed by atoms with E-state index in [1.54, 1.807) is 12.1 Å². The second-order valence-electron chi connectivity index (χ2n) is 5.85. The number of nitrogens with one attached hydrogen (secondary N) is 1. The van der Waals surface area contributed by atoms with Crippen molar-refractivity contribution >= 4 is 51.8 Å². The molecule has 0 fully saturated rings. The molecule has 0 unspecified atom stereocenters. The zero-order chi connectivity index (χ0) is 18.7. The number of aromatic nitrogens is 2. The Bertz CT molecular complexity index is 946. The summed E-state index contributed by atoms with van der Waals surface area (Å²) in [5, 5.41) is 5.50. The third-order valence-corrected chi connectivity index (χ3v) is 5.63. The van der Waals surface area contributed by atoms with E-state index in [1.165, 1.54) is 18.1 Å². The maximum Gasteiger partial charge on any atom is 0.233 e. The van der Waals surface area contributed by atoms with Crippen LogP contribution in [0.5, 0.6) is 0 Å². The molecule has 0 aliphatic carbocycles. The van der Waals surface area contributed by atoms with E-state index in [0.29, 0.717) is 10.0 Å². The number of rotatable bonds is 5. The van der Waals surface area contributed by atoms with Crippen LogP contribution < -0.4 is 5.32 Å². The third-order valence-electron chi connectivity index (χ3n) is 3.95. The van der Waals surface area contributed by atoms with Gasteiger partial charge in [-0.05, 0) is 37.6 Å². The molecule has 3 aromatic rings. The molecule has 0 aliphatic rings. The summed E-state index contributed by atoms with van der Waals surface area (Å²) in [7, 11) is 0. The van der Waals surface area contributed by atoms with E-state index in [9.17, 15) is 4.79 Å². The van der Waals surface area contributed by atoms with Gasteiger partial charge in [-0.15, -0.1) is 0 Å². The zero-order valence-electron chi connectivity index (χ0n) is 14.2. The summed E-state index contributed by atoms with van der Waals surface area (Å²) in [6.45, 7) is 3.75. The normalized spacial score (nSPS) is 13.4. The van der Waals surface area contributed by atoms with Crippen molar-refractivity contribution in [3.05, 3.63) is 64.4 Å². The predicted octanol–water partition coefficient (Wildman–Crippen LogP) is 5.29. The Labute approximate surface area is 166 Å². The quantitative estimate of drug-likeness (QED) is 0.462. The number of hydrogen-bond acceptors (Lipinski definition) is 4. The molecule has 4 nitrogen and oxygen atoms in total. The topological polar surface area (TPSA) is 54.9 Å². The molecule has 2 atom stereocenters. The Morgan fingerprint density at radius 3 is 2.65 bits per heavy atom. The second kappa shape index (κ2) is 8.25. The first kappa shape index (κ1) is 19.0. The van der Waals surface area contributed by atoms with Crippen LogP contribution in [0.25, 0.3) is 10.9 Å². The minimum Gasteiger partial charge on any atom is -0.349 e. The average Bonchev–Trinajstić information content (AvgIpc) is 2.61. The van der Waals surface area contributed by atoms with Crippen LogP contribution in [0.2, 0.25) is 10.0 Å². The van der Waals surface area contributed by atoms with Crippen LogP contribution in [0.3, 0.4) is 0 Å². The fourth-order valence-electron chi connectivity index (χ4n) is 2.56. The summed E-state index contributed by atoms with van der Waals surface area (Å²) in [4.78, 5) is 21.2. The summed E-state index contributed by atoms with van der Waals surface area (Å²) in [6, 6.07) is 12.8. The smallest absolute Gasteiger partial charge is 0.233 e. The molecule has 7 heteroatoms. The maximum atomic E-state index is 12.6. The number of carbonyl (C=O) groups excluding carboxylic acids is 1. The minimum absolute atomic E-state index is 0.0868. The van der Waals surface area contributed by atoms with E-state index in [1.807, 2.05) is 44.2 Å². The van der Waals surface area contributed by atoms with E-state index in [-0.39, 0.29) is 17.2 Å². The summed E-state index contributed by atoms with van der Waals surface area (Å²) >= 11 is 13.6. The number of hydrogen-bond donors (Lipinski definition) is 1. The molecule has 1 aromatic heterocycles. The Balaban J connectivity index is 1.71. The molecule has 0 saturated carbocycles. The van der Waals surface area contributed by atoms with Crippen LogP contribution in [0.4, 0.5) is 0 Å². The molecule has 2 aromatic carbocycles. The summed E-state index contributed by atoms with van der Waals surface area (Å²) in [5.74, 6) is -0.0868. The Hall–Kier alpha value is -1.82. The van der Waals surface area contributed by atoms with E-state index in [0.717, 1.165) is 21.5 Å². The summed E-state index contributed by atoms with van der Waals surface area (Å²) in [5.41, 5.74) is 1.69. The maximum absolute atomic E-state index is 12.6. The van der Waals surface area contributed by atoms with Gasteiger partial charge in [0.15, 0.2) is 0 Å². The fraction of sp³-hybridized carbons (Fsp3) is 0.211. The number of nitrogens with zero attached hydrogens (tertiary/aromatic N) is 2. The number of thioether (sulfide) groups is 1. The van der Waals surface area contributed by atoms with Gasteiger partial charge in [0, 0.05) is 15.4 Å². The first-order chi connectivity index (χ1) is 12.5. The highest BCUT2D eigenvalue weighted by atomic mass is 35.5. The number of amides is 1. The van der Waals surface area contributed by atoms with Crippen molar-refractivity contribution in [2.24, 2.45) is 0 Å². The van der Waals surface area contributed by atoms with Gasteiger partial charge < -0.3 is 5.32 Å². The van der Waals surface area contributed by atoms with Gasteiger partial charge >= 0.3 is 0 Å². The highest BCUT2D eigenvalue weighted by Gasteiger charge is 2.20. The van der Waals surface area contributed by atoms with Crippen LogP contribution in [0, 0.1) is 0 Å². The molecule has 0 saturated heterocycles. The summed E-state index contributed by atoms with van der Waals surface area (Å²) in [6.07, 6.45) is 1.52. The Morgan fingerprint density at radius 1 is 1.12 bits per heavy atom. The van der Waals surface area contributed by atoms with Gasteiger partial charge in [-0.1, -0.05) is 59.2 Å². The number of halogens is 2. The van der Waals surface area contributed by atoms with Gasteiger partial charge in [0.25, 0.3) is 0 Å². The SMILES string of the molecule is C[C@H](Sc1ncnc2ccccc12)C(=O)N[C@@H](C)c1ccc(Cl)cc1Cl. The number of fused-ring (bicyclic) bond motifs is 1. The minimum atomic E-state index is -0.318. The first-order valence-corrected chi connectivity index (χ1v) is 9.71. The molecule has 1 amide bonds. The lowest BCUT2D eigenvalue weighted by Crippen LogP contribution is -2.33. The van der Waals surface area contributed by atoms with Crippen molar-refractivity contribution in [1.82, 2.24) is 15.3 Å². The van der Waals surface area contributed by atoms with Crippen LogP contribution in [0.15, 0.2) is 53.8 Å². The van der Waals surface area contributed by atoms with Gasteiger partial charge in [-0.25, -0.2) is 9.97 Å². The van der Waals surface area contributed by atoms with Crippen molar-refractivity contribution in [3.8, 4) is 0 Å². The number of carbonyl (C=O) groups is 1. The first-order valence-electron chi connectivity index (χ1n) is 8.07.